The van der Waals surface area contributed by atoms with Crippen LogP contribution in [0.15, 0.2) is 41.1 Å². The molecule has 5 heteroatoms. The number of nitrogens with one attached hydrogen (secondary N) is 1. The van der Waals surface area contributed by atoms with Gasteiger partial charge in [-0.2, -0.15) is 11.3 Å². The van der Waals surface area contributed by atoms with Gasteiger partial charge in [-0.05, 0) is 47.4 Å². The van der Waals surface area contributed by atoms with Crippen molar-refractivity contribution >= 4 is 17.2 Å². The minimum absolute atomic E-state index is 0.00983. The smallest absolute Gasteiger partial charge is 0.255 e. The first-order chi connectivity index (χ1) is 11.2. The third kappa shape index (κ3) is 2.99. The van der Waals surface area contributed by atoms with Crippen LogP contribution in [0.4, 0.5) is 0 Å². The zero-order valence-corrected chi connectivity index (χ0v) is 13.8. The second-order valence-electron chi connectivity index (χ2n) is 6.43. The molecule has 1 fully saturated rings. The average molecular weight is 328 g/mol. The lowest BCUT2D eigenvalue weighted by Crippen LogP contribution is -2.57. The van der Waals surface area contributed by atoms with E-state index >= 15 is 0 Å². The summed E-state index contributed by atoms with van der Waals surface area (Å²) in [5, 5.41) is 7.57. The third-order valence-electron chi connectivity index (χ3n) is 4.81. The van der Waals surface area contributed by atoms with Gasteiger partial charge in [0, 0.05) is 19.6 Å². The first-order valence-electron chi connectivity index (χ1n) is 8.02. The van der Waals surface area contributed by atoms with Crippen LogP contribution in [-0.4, -0.2) is 36.0 Å². The number of para-hydroxylation sites is 1. The summed E-state index contributed by atoms with van der Waals surface area (Å²) >= 11 is 1.74. The quantitative estimate of drug-likeness (QED) is 0.922. The number of rotatable bonds is 2. The lowest BCUT2D eigenvalue weighted by molar-refractivity contribution is 0.0709. The number of hydrogen-bond acceptors (Lipinski definition) is 4. The summed E-state index contributed by atoms with van der Waals surface area (Å²) in [6.45, 7) is 3.52. The Morgan fingerprint density at radius 1 is 1.22 bits per heavy atom. The molecule has 3 heterocycles. The lowest BCUT2D eigenvalue weighted by Gasteiger charge is -2.41. The summed E-state index contributed by atoms with van der Waals surface area (Å²) < 4.78 is 5.95. The van der Waals surface area contributed by atoms with Crippen LogP contribution in [0.3, 0.4) is 0 Å². The summed E-state index contributed by atoms with van der Waals surface area (Å²) in [5.74, 6) is 0.687. The average Bonchev–Trinajstić information content (AvgIpc) is 3.04. The van der Waals surface area contributed by atoms with Crippen LogP contribution < -0.4 is 10.1 Å². The van der Waals surface area contributed by atoms with E-state index in [9.17, 15) is 4.79 Å². The molecule has 0 radical (unpaired) electrons. The van der Waals surface area contributed by atoms with Crippen molar-refractivity contribution in [1.82, 2.24) is 10.2 Å². The summed E-state index contributed by atoms with van der Waals surface area (Å²) in [4.78, 5) is 15.0. The molecule has 4 rings (SSSR count). The molecule has 1 saturated heterocycles. The molecule has 1 amide bonds. The van der Waals surface area contributed by atoms with Crippen LogP contribution in [0.25, 0.3) is 0 Å². The maximum atomic E-state index is 12.5. The fourth-order valence-electron chi connectivity index (χ4n) is 3.39. The number of fused-ring (bicyclic) bond motifs is 1. The van der Waals surface area contributed by atoms with Gasteiger partial charge in [-0.3, -0.25) is 9.69 Å². The van der Waals surface area contributed by atoms with Crippen molar-refractivity contribution < 1.29 is 9.53 Å². The van der Waals surface area contributed by atoms with E-state index in [4.69, 9.17) is 4.74 Å². The number of nitrogens with zero attached hydrogens (tertiary/aromatic N) is 1. The minimum Gasteiger partial charge on any atom is -0.490 e. The van der Waals surface area contributed by atoms with Crippen LogP contribution >= 0.6 is 11.3 Å². The van der Waals surface area contributed by atoms with Gasteiger partial charge in [0.1, 0.15) is 12.4 Å². The van der Waals surface area contributed by atoms with Crippen molar-refractivity contribution in [2.45, 2.75) is 24.9 Å². The normalized spacial score (nSPS) is 20.4. The number of likely N-dealkylation sites (tertiary alicyclic amines) is 1. The fourth-order valence-corrected chi connectivity index (χ4v) is 4.05. The standard InChI is InChI=1S/C18H20N2O2S/c21-17-15-3-1-2-4-16(15)22-13-18(19-17)6-8-20(9-7-18)11-14-5-10-23-12-14/h1-5,10,12H,6-9,11,13H2,(H,19,21). The summed E-state index contributed by atoms with van der Waals surface area (Å²) in [6.07, 6.45) is 1.85. The maximum absolute atomic E-state index is 12.5. The van der Waals surface area contributed by atoms with Crippen LogP contribution in [0.5, 0.6) is 5.75 Å². The van der Waals surface area contributed by atoms with Gasteiger partial charge in [-0.25, -0.2) is 0 Å². The molecule has 2 aromatic rings. The van der Waals surface area contributed by atoms with Gasteiger partial charge in [0.2, 0.25) is 0 Å². The van der Waals surface area contributed by atoms with Gasteiger partial charge in [0.05, 0.1) is 11.1 Å². The molecule has 1 aromatic heterocycles. The zero-order valence-electron chi connectivity index (χ0n) is 13.0. The monoisotopic (exact) mass is 328 g/mol. The number of ether oxygens (including phenoxy) is 1. The highest BCUT2D eigenvalue weighted by atomic mass is 32.1. The van der Waals surface area contributed by atoms with Crippen LogP contribution in [0.2, 0.25) is 0 Å². The molecular weight excluding hydrogens is 308 g/mol. The zero-order chi connectivity index (χ0) is 15.7. The van der Waals surface area contributed by atoms with E-state index in [-0.39, 0.29) is 11.4 Å². The number of hydrogen-bond donors (Lipinski definition) is 1. The van der Waals surface area contributed by atoms with E-state index in [1.807, 2.05) is 24.3 Å². The van der Waals surface area contributed by atoms with Gasteiger partial charge in [-0.15, -0.1) is 0 Å². The molecule has 0 aliphatic carbocycles. The number of thiophene rings is 1. The van der Waals surface area contributed by atoms with E-state index in [0.29, 0.717) is 17.9 Å². The molecule has 120 valence electrons. The highest BCUT2D eigenvalue weighted by Crippen LogP contribution is 2.30. The molecule has 0 saturated carbocycles. The topological polar surface area (TPSA) is 41.6 Å². The van der Waals surface area contributed by atoms with Crippen molar-refractivity contribution in [3.8, 4) is 5.75 Å². The van der Waals surface area contributed by atoms with E-state index < -0.39 is 0 Å². The molecular formula is C18H20N2O2S. The Labute approximate surface area is 140 Å². The molecule has 4 nitrogen and oxygen atoms in total. The Hall–Kier alpha value is -1.85. The fraction of sp³-hybridized carbons (Fsp3) is 0.389. The molecule has 1 aromatic carbocycles. The van der Waals surface area contributed by atoms with Crippen molar-refractivity contribution in [3.63, 3.8) is 0 Å². The predicted molar refractivity (Wildman–Crippen MR) is 91.0 cm³/mol. The maximum Gasteiger partial charge on any atom is 0.255 e. The Morgan fingerprint density at radius 3 is 2.83 bits per heavy atom. The Bertz CT molecular complexity index is 691. The first-order valence-corrected chi connectivity index (χ1v) is 8.96. The molecule has 23 heavy (non-hydrogen) atoms. The molecule has 1 N–H and O–H groups in total. The second kappa shape index (κ2) is 5.98. The second-order valence-corrected chi connectivity index (χ2v) is 7.21. The van der Waals surface area contributed by atoms with Crippen LogP contribution in [0.1, 0.15) is 28.8 Å². The van der Waals surface area contributed by atoms with Gasteiger partial charge in [0.15, 0.2) is 0 Å². The SMILES string of the molecule is O=C1NC2(CCN(Cc3ccsc3)CC2)COc2ccccc21. The first kappa shape index (κ1) is 14.7. The van der Waals surface area contributed by atoms with Crippen molar-refractivity contribution in [1.29, 1.82) is 0 Å². The van der Waals surface area contributed by atoms with Gasteiger partial charge < -0.3 is 10.1 Å². The molecule has 0 atom stereocenters. The number of carbonyl (C=O) groups excluding carboxylic acids is 1. The van der Waals surface area contributed by atoms with Gasteiger partial charge in [0.25, 0.3) is 5.91 Å². The van der Waals surface area contributed by atoms with Crippen LogP contribution in [-0.2, 0) is 6.54 Å². The largest absolute Gasteiger partial charge is 0.490 e. The number of carbonyl (C=O) groups is 1. The molecule has 0 bridgehead atoms. The summed E-state index contributed by atoms with van der Waals surface area (Å²) in [7, 11) is 0. The lowest BCUT2D eigenvalue weighted by atomic mass is 9.88. The molecule has 1 spiro atoms. The van der Waals surface area contributed by atoms with Crippen molar-refractivity contribution in [2.75, 3.05) is 19.7 Å². The number of piperidine rings is 1. The Kier molecular flexibility index (Phi) is 3.83. The van der Waals surface area contributed by atoms with E-state index in [0.717, 1.165) is 32.5 Å². The van der Waals surface area contributed by atoms with Crippen molar-refractivity contribution in [3.05, 3.63) is 52.2 Å². The molecule has 2 aliphatic heterocycles. The highest BCUT2D eigenvalue weighted by Gasteiger charge is 2.39. The van der Waals surface area contributed by atoms with E-state index in [1.165, 1.54) is 5.56 Å². The predicted octanol–water partition coefficient (Wildman–Crippen LogP) is 2.91. The summed E-state index contributed by atoms with van der Waals surface area (Å²) in [6, 6.07) is 9.67. The van der Waals surface area contributed by atoms with E-state index in [1.54, 1.807) is 11.3 Å². The molecule has 0 unspecified atom stereocenters. The highest BCUT2D eigenvalue weighted by molar-refractivity contribution is 7.07. The minimum atomic E-state index is -0.235. The van der Waals surface area contributed by atoms with Gasteiger partial charge >= 0.3 is 0 Å². The summed E-state index contributed by atoms with van der Waals surface area (Å²) in [5.41, 5.74) is 1.78. The van der Waals surface area contributed by atoms with E-state index in [2.05, 4.69) is 27.0 Å². The van der Waals surface area contributed by atoms with Crippen molar-refractivity contribution in [2.24, 2.45) is 0 Å². The molecule has 2 aliphatic rings. The number of amides is 1. The third-order valence-corrected chi connectivity index (χ3v) is 5.55. The Morgan fingerprint density at radius 2 is 2.04 bits per heavy atom. The number of benzene rings is 1. The van der Waals surface area contributed by atoms with Crippen LogP contribution in [0, 0.1) is 0 Å². The Balaban J connectivity index is 1.44. The van der Waals surface area contributed by atoms with Gasteiger partial charge in [-0.1, -0.05) is 12.1 Å².